The molecule has 0 saturated heterocycles. The quantitative estimate of drug-likeness (QED) is 0.505. The summed E-state index contributed by atoms with van der Waals surface area (Å²) in [7, 11) is -1.35. The van der Waals surface area contributed by atoms with E-state index in [0.29, 0.717) is 6.42 Å². The Balaban J connectivity index is 1.97. The SMILES string of the molecule is CS(=O)C(C)(CCCc1ccc(-c2ccc(Br)s2)s1)C(=O)NO. The van der Waals surface area contributed by atoms with Gasteiger partial charge in [-0.15, -0.1) is 22.7 Å². The normalized spacial score (nSPS) is 15.1. The van der Waals surface area contributed by atoms with E-state index in [4.69, 9.17) is 5.21 Å². The second-order valence-corrected chi connectivity index (χ2v) is 10.8. The number of hydroxylamine groups is 1. The lowest BCUT2D eigenvalue weighted by Gasteiger charge is -2.24. The van der Waals surface area contributed by atoms with Gasteiger partial charge in [0.2, 0.25) is 0 Å². The predicted octanol–water partition coefficient (Wildman–Crippen LogP) is 4.20. The summed E-state index contributed by atoms with van der Waals surface area (Å²) in [6, 6.07) is 8.33. The molecule has 0 bridgehead atoms. The van der Waals surface area contributed by atoms with Crippen LogP contribution in [0.2, 0.25) is 0 Å². The summed E-state index contributed by atoms with van der Waals surface area (Å²) in [4.78, 5) is 15.4. The Hall–Kier alpha value is -0.540. The number of aryl methyl sites for hydroxylation is 1. The molecule has 2 atom stereocenters. The van der Waals surface area contributed by atoms with Crippen molar-refractivity contribution in [3.05, 3.63) is 32.9 Å². The number of hydrogen-bond acceptors (Lipinski definition) is 5. The van der Waals surface area contributed by atoms with Gasteiger partial charge in [0.25, 0.3) is 5.91 Å². The summed E-state index contributed by atoms with van der Waals surface area (Å²) in [5, 5.41) is 8.83. The lowest BCUT2D eigenvalue weighted by Crippen LogP contribution is -2.46. The highest BCUT2D eigenvalue weighted by atomic mass is 79.9. The van der Waals surface area contributed by atoms with Crippen LogP contribution in [0.25, 0.3) is 9.75 Å². The molecule has 126 valence electrons. The molecule has 2 unspecified atom stereocenters. The number of rotatable bonds is 7. The van der Waals surface area contributed by atoms with Crippen LogP contribution in [0.3, 0.4) is 0 Å². The molecule has 0 aliphatic heterocycles. The van der Waals surface area contributed by atoms with Crippen LogP contribution in [0.5, 0.6) is 0 Å². The first kappa shape index (κ1) is 18.8. The highest BCUT2D eigenvalue weighted by molar-refractivity contribution is 9.11. The fourth-order valence-corrected chi connectivity index (χ4v) is 5.46. The van der Waals surface area contributed by atoms with E-state index < -0.39 is 21.5 Å². The summed E-state index contributed by atoms with van der Waals surface area (Å²) in [5.41, 5.74) is 1.63. The van der Waals surface area contributed by atoms with Crippen LogP contribution in [-0.4, -0.2) is 26.3 Å². The molecule has 0 aliphatic carbocycles. The highest BCUT2D eigenvalue weighted by Crippen LogP contribution is 2.36. The van der Waals surface area contributed by atoms with E-state index in [-0.39, 0.29) is 0 Å². The minimum absolute atomic E-state index is 0.459. The number of thiophene rings is 2. The second-order valence-electron chi connectivity index (χ2n) is 5.35. The third-order valence-electron chi connectivity index (χ3n) is 3.77. The number of carbonyl (C=O) groups excluding carboxylic acids is 1. The molecule has 2 heterocycles. The number of hydrogen-bond donors (Lipinski definition) is 2. The van der Waals surface area contributed by atoms with Gasteiger partial charge in [0.15, 0.2) is 0 Å². The van der Waals surface area contributed by atoms with Crippen molar-refractivity contribution in [2.75, 3.05) is 6.26 Å². The van der Waals surface area contributed by atoms with Crippen molar-refractivity contribution in [2.24, 2.45) is 0 Å². The van der Waals surface area contributed by atoms with E-state index in [2.05, 4.69) is 34.1 Å². The molecule has 23 heavy (non-hydrogen) atoms. The van der Waals surface area contributed by atoms with Gasteiger partial charge in [-0.25, -0.2) is 5.48 Å². The molecule has 8 heteroatoms. The molecule has 2 aromatic rings. The first-order chi connectivity index (χ1) is 10.9. The van der Waals surface area contributed by atoms with Crippen LogP contribution in [0.15, 0.2) is 28.1 Å². The smallest absolute Gasteiger partial charge is 0.261 e. The Kier molecular flexibility index (Phi) is 6.56. The van der Waals surface area contributed by atoms with Crippen LogP contribution in [0, 0.1) is 0 Å². The molecule has 0 spiro atoms. The van der Waals surface area contributed by atoms with E-state index in [9.17, 15) is 9.00 Å². The molecular weight excluding hydrogens is 418 g/mol. The van der Waals surface area contributed by atoms with E-state index in [1.54, 1.807) is 35.1 Å². The van der Waals surface area contributed by atoms with Crippen molar-refractivity contribution < 1.29 is 14.2 Å². The average Bonchev–Trinajstić information content (AvgIpc) is 3.14. The molecule has 0 fully saturated rings. The van der Waals surface area contributed by atoms with Crippen LogP contribution >= 0.6 is 38.6 Å². The minimum Gasteiger partial charge on any atom is -0.289 e. The molecule has 2 N–H and O–H groups in total. The zero-order valence-corrected chi connectivity index (χ0v) is 16.8. The Morgan fingerprint density at radius 3 is 2.52 bits per heavy atom. The number of amides is 1. The van der Waals surface area contributed by atoms with Gasteiger partial charge in [-0.3, -0.25) is 14.2 Å². The molecule has 0 aromatic carbocycles. The fraction of sp³-hybridized carbons (Fsp3) is 0.400. The summed E-state index contributed by atoms with van der Waals surface area (Å²) < 4.78 is 11.9. The van der Waals surface area contributed by atoms with Gasteiger partial charge in [0, 0.05) is 31.7 Å². The van der Waals surface area contributed by atoms with Crippen molar-refractivity contribution in [1.82, 2.24) is 5.48 Å². The van der Waals surface area contributed by atoms with Crippen molar-refractivity contribution in [1.29, 1.82) is 0 Å². The Morgan fingerprint density at radius 1 is 1.30 bits per heavy atom. The zero-order chi connectivity index (χ0) is 17.0. The lowest BCUT2D eigenvalue weighted by atomic mass is 10.0. The molecule has 0 radical (unpaired) electrons. The van der Waals surface area contributed by atoms with Crippen LogP contribution in [0.1, 0.15) is 24.6 Å². The standard InChI is InChI=1S/C15H18BrNO3S3/c1-15(23(2)20,14(18)17-19)9-3-4-10-5-6-11(21-10)12-7-8-13(16)22-12/h5-8,19H,3-4,9H2,1-2H3,(H,17,18). The molecule has 2 aromatic heterocycles. The van der Waals surface area contributed by atoms with E-state index in [1.807, 2.05) is 6.07 Å². The molecule has 2 rings (SSSR count). The van der Waals surface area contributed by atoms with Gasteiger partial charge in [-0.1, -0.05) is 0 Å². The van der Waals surface area contributed by atoms with Gasteiger partial charge in [0.1, 0.15) is 4.75 Å². The van der Waals surface area contributed by atoms with Crippen LogP contribution < -0.4 is 5.48 Å². The highest BCUT2D eigenvalue weighted by Gasteiger charge is 2.36. The maximum atomic E-state index is 11.8. The van der Waals surface area contributed by atoms with Crippen molar-refractivity contribution in [3.63, 3.8) is 0 Å². The monoisotopic (exact) mass is 435 g/mol. The predicted molar refractivity (Wildman–Crippen MR) is 101 cm³/mol. The maximum absolute atomic E-state index is 11.8. The maximum Gasteiger partial charge on any atom is 0.261 e. The van der Waals surface area contributed by atoms with Gasteiger partial charge in [-0.05, 0) is 66.4 Å². The summed E-state index contributed by atoms with van der Waals surface area (Å²) in [6.45, 7) is 1.62. The third kappa shape index (κ3) is 4.51. The summed E-state index contributed by atoms with van der Waals surface area (Å²) in [5.74, 6) is -0.589. The Morgan fingerprint density at radius 2 is 1.96 bits per heavy atom. The molecule has 1 amide bonds. The second kappa shape index (κ2) is 8.02. The Bertz CT molecular complexity index is 712. The van der Waals surface area contributed by atoms with Crippen LogP contribution in [-0.2, 0) is 22.0 Å². The first-order valence-electron chi connectivity index (χ1n) is 6.99. The van der Waals surface area contributed by atoms with Gasteiger partial charge in [0.05, 0.1) is 3.79 Å². The fourth-order valence-electron chi connectivity index (χ4n) is 2.20. The average molecular weight is 436 g/mol. The zero-order valence-electron chi connectivity index (χ0n) is 12.8. The van der Waals surface area contributed by atoms with E-state index >= 15 is 0 Å². The largest absolute Gasteiger partial charge is 0.289 e. The third-order valence-corrected chi connectivity index (χ3v) is 8.39. The number of nitrogens with one attached hydrogen (secondary N) is 1. The van der Waals surface area contributed by atoms with E-state index in [0.717, 1.165) is 16.6 Å². The molecular formula is C15H18BrNO3S3. The Labute approximate surface area is 154 Å². The number of halogens is 1. The van der Waals surface area contributed by atoms with Crippen molar-refractivity contribution >= 4 is 55.3 Å². The van der Waals surface area contributed by atoms with Gasteiger partial charge < -0.3 is 0 Å². The van der Waals surface area contributed by atoms with Crippen LogP contribution in [0.4, 0.5) is 0 Å². The van der Waals surface area contributed by atoms with E-state index in [1.165, 1.54) is 20.9 Å². The van der Waals surface area contributed by atoms with Crippen molar-refractivity contribution in [2.45, 2.75) is 30.9 Å². The molecule has 0 saturated carbocycles. The number of carbonyl (C=O) groups is 1. The molecule has 4 nitrogen and oxygen atoms in total. The topological polar surface area (TPSA) is 66.4 Å². The van der Waals surface area contributed by atoms with Crippen molar-refractivity contribution in [3.8, 4) is 9.75 Å². The van der Waals surface area contributed by atoms with Gasteiger partial charge in [-0.2, -0.15) is 0 Å². The lowest BCUT2D eigenvalue weighted by molar-refractivity contribution is -0.131. The van der Waals surface area contributed by atoms with Gasteiger partial charge >= 0.3 is 0 Å². The minimum atomic E-state index is -1.35. The molecule has 0 aliphatic rings. The summed E-state index contributed by atoms with van der Waals surface area (Å²) in [6.07, 6.45) is 3.51. The first-order valence-corrected chi connectivity index (χ1v) is 11.0. The summed E-state index contributed by atoms with van der Waals surface area (Å²) >= 11 is 6.91.